The summed E-state index contributed by atoms with van der Waals surface area (Å²) in [5, 5.41) is 10.1. The number of ether oxygens (including phenoxy) is 1. The molecule has 0 spiro atoms. The van der Waals surface area contributed by atoms with Crippen molar-refractivity contribution in [3.05, 3.63) is 24.5 Å². The summed E-state index contributed by atoms with van der Waals surface area (Å²) >= 11 is 0. The smallest absolute Gasteiger partial charge is 0.542 e. The van der Waals surface area contributed by atoms with Crippen LogP contribution in [0.3, 0.4) is 0 Å². The average molecular weight is 247 g/mol. The first-order valence-corrected chi connectivity index (χ1v) is 4.47. The third-order valence-corrected chi connectivity index (χ3v) is 1.69. The Bertz CT molecular complexity index is 342. The summed E-state index contributed by atoms with van der Waals surface area (Å²) in [6.07, 6.45) is 3.46. The zero-order valence-electron chi connectivity index (χ0n) is 9.01. The van der Waals surface area contributed by atoms with Crippen molar-refractivity contribution in [2.75, 3.05) is 6.61 Å². The Morgan fingerprint density at radius 1 is 1.31 bits per heavy atom. The molecule has 0 bridgehead atoms. The van der Waals surface area contributed by atoms with Crippen molar-refractivity contribution in [1.82, 2.24) is 4.98 Å². The molecule has 16 heavy (non-hydrogen) atoms. The summed E-state index contributed by atoms with van der Waals surface area (Å²) in [7, 11) is 0. The summed E-state index contributed by atoms with van der Waals surface area (Å²) < 4.78 is 5.23. The normalized spacial score (nSPS) is 9.00. The fourth-order valence-corrected chi connectivity index (χ4v) is 0.959. The monoisotopic (exact) mass is 247 g/mol. The van der Waals surface area contributed by atoms with Crippen molar-refractivity contribution < 1.29 is 70.8 Å². The number of pyridine rings is 1. The van der Waals surface area contributed by atoms with Gasteiger partial charge in [0, 0.05) is 18.8 Å². The summed E-state index contributed by atoms with van der Waals surface area (Å²) in [6, 6.07) is 3.36. The van der Waals surface area contributed by atoms with Gasteiger partial charge in [-0.05, 0) is 18.6 Å². The number of carbonyl (C=O) groups is 2. The number of rotatable bonds is 6. The van der Waals surface area contributed by atoms with Gasteiger partial charge in [-0.1, -0.05) is 0 Å². The molecule has 0 N–H and O–H groups in total. The Hall–Kier alpha value is -0.274. The van der Waals surface area contributed by atoms with E-state index in [-0.39, 0.29) is 57.8 Å². The molecule has 1 aromatic rings. The van der Waals surface area contributed by atoms with Gasteiger partial charge in [0.15, 0.2) is 5.78 Å². The van der Waals surface area contributed by atoms with Crippen LogP contribution >= 0.6 is 0 Å². The molecule has 5 nitrogen and oxygen atoms in total. The van der Waals surface area contributed by atoms with E-state index in [0.29, 0.717) is 18.8 Å². The zero-order chi connectivity index (χ0) is 11.1. The van der Waals surface area contributed by atoms with Crippen LogP contribution in [0, 0.1) is 0 Å². The maximum absolute atomic E-state index is 10.6. The summed E-state index contributed by atoms with van der Waals surface area (Å²) in [6.45, 7) is 0.295. The second-order valence-electron chi connectivity index (χ2n) is 2.85. The predicted octanol–water partition coefficient (Wildman–Crippen LogP) is -3.44. The van der Waals surface area contributed by atoms with E-state index in [9.17, 15) is 14.7 Å². The molecule has 0 saturated heterocycles. The molecule has 1 rings (SSSR count). The maximum Gasteiger partial charge on any atom is 1.00 e. The summed E-state index contributed by atoms with van der Waals surface area (Å²) in [5.41, 5.74) is 0. The van der Waals surface area contributed by atoms with Gasteiger partial charge in [-0.25, -0.2) is 0 Å². The SMILES string of the molecule is O=C([O-])C(=O)CCCOc1ccncc1.[K+]. The summed E-state index contributed by atoms with van der Waals surface area (Å²) in [4.78, 5) is 24.5. The molecule has 0 aliphatic heterocycles. The number of aliphatic carboxylic acids is 1. The number of ketones is 1. The van der Waals surface area contributed by atoms with Gasteiger partial charge < -0.3 is 14.6 Å². The van der Waals surface area contributed by atoms with E-state index in [0.717, 1.165) is 0 Å². The second-order valence-corrected chi connectivity index (χ2v) is 2.85. The van der Waals surface area contributed by atoms with E-state index in [4.69, 9.17) is 4.74 Å². The quantitative estimate of drug-likeness (QED) is 0.297. The molecule has 0 radical (unpaired) electrons. The molecule has 1 aromatic heterocycles. The van der Waals surface area contributed by atoms with E-state index in [1.807, 2.05) is 0 Å². The average Bonchev–Trinajstić information content (AvgIpc) is 2.25. The number of carboxylic acid groups (broad SMARTS) is 1. The first-order chi connectivity index (χ1) is 7.20. The van der Waals surface area contributed by atoms with Gasteiger partial charge in [0.05, 0.1) is 6.61 Å². The van der Waals surface area contributed by atoms with Gasteiger partial charge >= 0.3 is 51.4 Å². The molecular formula is C10H10KNO4. The number of hydrogen-bond acceptors (Lipinski definition) is 5. The Morgan fingerprint density at radius 3 is 2.50 bits per heavy atom. The molecule has 0 aromatic carbocycles. The zero-order valence-corrected chi connectivity index (χ0v) is 12.1. The minimum Gasteiger partial charge on any atom is -0.542 e. The van der Waals surface area contributed by atoms with Crippen molar-refractivity contribution in [3.63, 3.8) is 0 Å². The van der Waals surface area contributed by atoms with Crippen LogP contribution in [0.1, 0.15) is 12.8 Å². The largest absolute Gasteiger partial charge is 1.00 e. The Kier molecular flexibility index (Phi) is 8.68. The van der Waals surface area contributed by atoms with Crippen LogP contribution in [0.2, 0.25) is 0 Å². The molecule has 1 heterocycles. The van der Waals surface area contributed by atoms with Crippen molar-refractivity contribution in [3.8, 4) is 5.75 Å². The van der Waals surface area contributed by atoms with Gasteiger partial charge in [0.2, 0.25) is 0 Å². The third kappa shape index (κ3) is 6.34. The van der Waals surface area contributed by atoms with Crippen LogP contribution in [0.15, 0.2) is 24.5 Å². The van der Waals surface area contributed by atoms with Crippen molar-refractivity contribution in [1.29, 1.82) is 0 Å². The molecule has 0 amide bonds. The molecule has 0 unspecified atom stereocenters. The number of aromatic nitrogens is 1. The van der Waals surface area contributed by atoms with Crippen LogP contribution in [-0.2, 0) is 9.59 Å². The topological polar surface area (TPSA) is 79.3 Å². The first-order valence-electron chi connectivity index (χ1n) is 4.47. The van der Waals surface area contributed by atoms with Crippen LogP contribution in [0.25, 0.3) is 0 Å². The second kappa shape index (κ2) is 8.83. The minimum atomic E-state index is -1.64. The van der Waals surface area contributed by atoms with E-state index in [1.54, 1.807) is 24.5 Å². The van der Waals surface area contributed by atoms with E-state index in [1.165, 1.54) is 0 Å². The molecular weight excluding hydrogens is 237 g/mol. The molecule has 80 valence electrons. The third-order valence-electron chi connectivity index (χ3n) is 1.69. The van der Waals surface area contributed by atoms with Crippen molar-refractivity contribution >= 4 is 11.8 Å². The Balaban J connectivity index is 0.00000225. The van der Waals surface area contributed by atoms with Gasteiger partial charge in [-0.15, -0.1) is 0 Å². The van der Waals surface area contributed by atoms with Crippen LogP contribution in [0.4, 0.5) is 0 Å². The van der Waals surface area contributed by atoms with Crippen molar-refractivity contribution in [2.24, 2.45) is 0 Å². The molecule has 6 heteroatoms. The van der Waals surface area contributed by atoms with Gasteiger partial charge in [-0.2, -0.15) is 0 Å². The molecule has 0 saturated carbocycles. The predicted molar refractivity (Wildman–Crippen MR) is 49.0 cm³/mol. The Labute approximate surface area is 136 Å². The molecule has 0 aliphatic carbocycles. The van der Waals surface area contributed by atoms with E-state index >= 15 is 0 Å². The molecule has 0 aliphatic rings. The van der Waals surface area contributed by atoms with Gasteiger partial charge in [-0.3, -0.25) is 9.78 Å². The summed E-state index contributed by atoms with van der Waals surface area (Å²) in [5.74, 6) is -1.89. The standard InChI is InChI=1S/C10H11NO4.K/c12-9(10(13)14)2-1-7-15-8-3-5-11-6-4-8;/h3-6H,1-2,7H2,(H,13,14);/q;+1/p-1. The first kappa shape index (κ1) is 15.7. The van der Waals surface area contributed by atoms with Gasteiger partial charge in [0.1, 0.15) is 11.7 Å². The molecule has 0 fully saturated rings. The van der Waals surface area contributed by atoms with Crippen LogP contribution < -0.4 is 61.2 Å². The number of Topliss-reactive ketones (excluding diaryl/α,β-unsaturated/α-hetero) is 1. The number of hydrogen-bond donors (Lipinski definition) is 0. The van der Waals surface area contributed by atoms with Crippen LogP contribution in [-0.4, -0.2) is 23.3 Å². The minimum absolute atomic E-state index is 0. The van der Waals surface area contributed by atoms with E-state index < -0.39 is 11.8 Å². The number of carbonyl (C=O) groups excluding carboxylic acids is 2. The van der Waals surface area contributed by atoms with Crippen molar-refractivity contribution in [2.45, 2.75) is 12.8 Å². The fourth-order valence-electron chi connectivity index (χ4n) is 0.959. The van der Waals surface area contributed by atoms with Crippen LogP contribution in [0.5, 0.6) is 5.75 Å². The maximum atomic E-state index is 10.6. The number of nitrogens with zero attached hydrogens (tertiary/aromatic N) is 1. The molecule has 0 atom stereocenters. The van der Waals surface area contributed by atoms with Gasteiger partial charge in [0.25, 0.3) is 0 Å². The fraction of sp³-hybridized carbons (Fsp3) is 0.300. The number of carboxylic acids is 1. The van der Waals surface area contributed by atoms with E-state index in [2.05, 4.69) is 4.98 Å². The Morgan fingerprint density at radius 2 is 1.94 bits per heavy atom.